The van der Waals surface area contributed by atoms with Crippen LogP contribution in [0.2, 0.25) is 0 Å². The number of anilines is 1. The van der Waals surface area contributed by atoms with Crippen LogP contribution in [0.1, 0.15) is 10.4 Å². The predicted octanol–water partition coefficient (Wildman–Crippen LogP) is 3.48. The molecule has 1 N–H and O–H groups in total. The van der Waals surface area contributed by atoms with Crippen molar-refractivity contribution in [2.45, 2.75) is 0 Å². The first kappa shape index (κ1) is 17.7. The summed E-state index contributed by atoms with van der Waals surface area (Å²) in [4.78, 5) is 21.1. The van der Waals surface area contributed by atoms with E-state index in [0.29, 0.717) is 27.9 Å². The molecule has 2 aromatic heterocycles. The maximum atomic E-state index is 12.7. The van der Waals surface area contributed by atoms with Gasteiger partial charge in [-0.15, -0.1) is 11.3 Å². The first-order chi connectivity index (χ1) is 12.7. The highest BCUT2D eigenvalue weighted by Gasteiger charge is 2.21. The zero-order chi connectivity index (χ0) is 18.5. The van der Waals surface area contributed by atoms with Crippen molar-refractivity contribution in [2.24, 2.45) is 0 Å². The van der Waals surface area contributed by atoms with Crippen LogP contribution in [0.5, 0.6) is 17.2 Å². The quantitative estimate of drug-likeness (QED) is 0.714. The molecule has 7 nitrogen and oxygen atoms in total. The number of nitrogens with one attached hydrogen (secondary N) is 1. The Hall–Kier alpha value is -3.13. The number of carbonyl (C=O) groups is 1. The Kier molecular flexibility index (Phi) is 5.33. The van der Waals surface area contributed by atoms with Gasteiger partial charge >= 0.3 is 0 Å². The zero-order valence-corrected chi connectivity index (χ0v) is 15.3. The summed E-state index contributed by atoms with van der Waals surface area (Å²) in [5.74, 6) is 0.795. The van der Waals surface area contributed by atoms with Crippen LogP contribution < -0.4 is 19.5 Å². The highest BCUT2D eigenvalue weighted by atomic mass is 32.1. The fourth-order valence-corrected chi connectivity index (χ4v) is 3.15. The molecule has 0 bridgehead atoms. The summed E-state index contributed by atoms with van der Waals surface area (Å²) < 4.78 is 15.9. The lowest BCUT2D eigenvalue weighted by molar-refractivity contribution is 0.102. The number of thiazole rings is 1. The lowest BCUT2D eigenvalue weighted by Gasteiger charge is -2.15. The SMILES string of the molecule is COc1ccc(C(=O)Nc2nc(-c3ccncc3)cs2)c(OC)c1OC. The minimum absolute atomic E-state index is 0.301. The van der Waals surface area contributed by atoms with Gasteiger partial charge in [-0.25, -0.2) is 4.98 Å². The van der Waals surface area contributed by atoms with Crippen molar-refractivity contribution in [3.63, 3.8) is 0 Å². The standard InChI is InChI=1S/C18H17N3O4S/c1-23-14-5-4-12(15(24-2)16(14)25-3)17(22)21-18-20-13(10-26-18)11-6-8-19-9-7-11/h4-10H,1-3H3,(H,20,21,22). The van der Waals surface area contributed by atoms with Crippen LogP contribution >= 0.6 is 11.3 Å². The van der Waals surface area contributed by atoms with Gasteiger partial charge in [-0.05, 0) is 24.3 Å². The molecule has 0 radical (unpaired) electrons. The normalized spacial score (nSPS) is 10.3. The molecule has 26 heavy (non-hydrogen) atoms. The third kappa shape index (κ3) is 3.45. The van der Waals surface area contributed by atoms with Crippen molar-refractivity contribution in [3.8, 4) is 28.5 Å². The maximum Gasteiger partial charge on any atom is 0.261 e. The summed E-state index contributed by atoms with van der Waals surface area (Å²) in [5, 5.41) is 5.15. The Balaban J connectivity index is 1.86. The van der Waals surface area contributed by atoms with Crippen molar-refractivity contribution >= 4 is 22.4 Å². The summed E-state index contributed by atoms with van der Waals surface area (Å²) in [5.41, 5.74) is 2.03. The molecule has 3 rings (SSSR count). The van der Waals surface area contributed by atoms with Gasteiger partial charge in [0.25, 0.3) is 5.91 Å². The Morgan fingerprint density at radius 2 is 1.73 bits per heavy atom. The molecule has 0 aliphatic rings. The molecular weight excluding hydrogens is 354 g/mol. The number of hydrogen-bond donors (Lipinski definition) is 1. The molecule has 0 aliphatic heterocycles. The molecule has 0 atom stereocenters. The van der Waals surface area contributed by atoms with Crippen LogP contribution in [0, 0.1) is 0 Å². The third-order valence-electron chi connectivity index (χ3n) is 3.65. The number of pyridine rings is 1. The maximum absolute atomic E-state index is 12.7. The van der Waals surface area contributed by atoms with E-state index >= 15 is 0 Å². The van der Waals surface area contributed by atoms with E-state index in [9.17, 15) is 4.79 Å². The van der Waals surface area contributed by atoms with Crippen molar-refractivity contribution in [3.05, 3.63) is 47.6 Å². The summed E-state index contributed by atoms with van der Waals surface area (Å²) in [7, 11) is 4.48. The smallest absolute Gasteiger partial charge is 0.261 e. The van der Waals surface area contributed by atoms with Crippen LogP contribution in [0.25, 0.3) is 11.3 Å². The van der Waals surface area contributed by atoms with E-state index in [1.54, 1.807) is 24.5 Å². The summed E-state index contributed by atoms with van der Waals surface area (Å²) >= 11 is 1.34. The molecular formula is C18H17N3O4S. The minimum Gasteiger partial charge on any atom is -0.493 e. The molecule has 0 saturated carbocycles. The van der Waals surface area contributed by atoms with Crippen molar-refractivity contribution < 1.29 is 19.0 Å². The summed E-state index contributed by atoms with van der Waals surface area (Å²) in [6, 6.07) is 6.99. The van der Waals surface area contributed by atoms with Crippen molar-refractivity contribution in [2.75, 3.05) is 26.6 Å². The largest absolute Gasteiger partial charge is 0.493 e. The molecule has 0 aliphatic carbocycles. The summed E-state index contributed by atoms with van der Waals surface area (Å²) in [6.07, 6.45) is 3.39. The van der Waals surface area contributed by atoms with Crippen LogP contribution in [-0.4, -0.2) is 37.2 Å². The van der Waals surface area contributed by atoms with E-state index < -0.39 is 0 Å². The highest BCUT2D eigenvalue weighted by molar-refractivity contribution is 7.14. The molecule has 0 saturated heterocycles. The van der Waals surface area contributed by atoms with E-state index in [2.05, 4.69) is 15.3 Å². The Labute approximate surface area is 154 Å². The molecule has 8 heteroatoms. The van der Waals surface area contributed by atoms with Crippen LogP contribution in [-0.2, 0) is 0 Å². The highest BCUT2D eigenvalue weighted by Crippen LogP contribution is 2.40. The number of ether oxygens (including phenoxy) is 3. The fourth-order valence-electron chi connectivity index (χ4n) is 2.43. The topological polar surface area (TPSA) is 82.6 Å². The van der Waals surface area contributed by atoms with E-state index in [1.165, 1.54) is 32.7 Å². The molecule has 0 unspecified atom stereocenters. The van der Waals surface area contributed by atoms with Gasteiger partial charge in [-0.2, -0.15) is 0 Å². The number of methoxy groups -OCH3 is 3. The van der Waals surface area contributed by atoms with Gasteiger partial charge < -0.3 is 14.2 Å². The van der Waals surface area contributed by atoms with Gasteiger partial charge in [-0.3, -0.25) is 15.1 Å². The lowest BCUT2D eigenvalue weighted by Crippen LogP contribution is -2.13. The Morgan fingerprint density at radius 3 is 2.38 bits per heavy atom. The number of amides is 1. The second-order valence-electron chi connectivity index (χ2n) is 5.11. The molecule has 134 valence electrons. The number of carbonyl (C=O) groups excluding carboxylic acids is 1. The Bertz CT molecular complexity index is 912. The number of benzene rings is 1. The van der Waals surface area contributed by atoms with Gasteiger partial charge in [0.2, 0.25) is 5.75 Å². The van der Waals surface area contributed by atoms with Crippen molar-refractivity contribution in [1.29, 1.82) is 0 Å². The van der Waals surface area contributed by atoms with Gasteiger partial charge in [-0.1, -0.05) is 0 Å². The van der Waals surface area contributed by atoms with Crippen LogP contribution in [0.4, 0.5) is 5.13 Å². The van der Waals surface area contributed by atoms with E-state index in [1.807, 2.05) is 17.5 Å². The molecule has 2 heterocycles. The van der Waals surface area contributed by atoms with Crippen LogP contribution in [0.15, 0.2) is 42.0 Å². The lowest BCUT2D eigenvalue weighted by atomic mass is 10.1. The average molecular weight is 371 g/mol. The van der Waals surface area contributed by atoms with Gasteiger partial charge in [0.15, 0.2) is 16.6 Å². The number of aromatic nitrogens is 2. The first-order valence-corrected chi connectivity index (χ1v) is 8.52. The number of hydrogen-bond acceptors (Lipinski definition) is 7. The average Bonchev–Trinajstić information content (AvgIpc) is 3.15. The monoisotopic (exact) mass is 371 g/mol. The number of rotatable bonds is 6. The number of nitrogens with zero attached hydrogens (tertiary/aromatic N) is 2. The second-order valence-corrected chi connectivity index (χ2v) is 5.97. The van der Waals surface area contributed by atoms with E-state index in [4.69, 9.17) is 14.2 Å². The minimum atomic E-state index is -0.349. The molecule has 3 aromatic rings. The molecule has 1 amide bonds. The van der Waals surface area contributed by atoms with Crippen LogP contribution in [0.3, 0.4) is 0 Å². The summed E-state index contributed by atoms with van der Waals surface area (Å²) in [6.45, 7) is 0. The van der Waals surface area contributed by atoms with E-state index in [-0.39, 0.29) is 5.91 Å². The molecule has 0 spiro atoms. The second kappa shape index (κ2) is 7.83. The van der Waals surface area contributed by atoms with Gasteiger partial charge in [0.1, 0.15) is 0 Å². The predicted molar refractivity (Wildman–Crippen MR) is 99.4 cm³/mol. The van der Waals surface area contributed by atoms with Gasteiger partial charge in [0, 0.05) is 23.3 Å². The zero-order valence-electron chi connectivity index (χ0n) is 14.5. The van der Waals surface area contributed by atoms with E-state index in [0.717, 1.165) is 11.3 Å². The third-order valence-corrected chi connectivity index (χ3v) is 4.41. The molecule has 1 aromatic carbocycles. The first-order valence-electron chi connectivity index (χ1n) is 7.64. The van der Waals surface area contributed by atoms with Crippen molar-refractivity contribution in [1.82, 2.24) is 9.97 Å². The van der Waals surface area contributed by atoms with Gasteiger partial charge in [0.05, 0.1) is 32.6 Å². The Morgan fingerprint density at radius 1 is 1.00 bits per heavy atom. The molecule has 0 fully saturated rings. The fraction of sp³-hybridized carbons (Fsp3) is 0.167.